The number of nitrogen functional groups attached to an aromatic ring is 3. The number of fused-ring (bicyclic) bond motifs is 4. The van der Waals surface area contributed by atoms with E-state index in [0.717, 1.165) is 99.5 Å². The highest BCUT2D eigenvalue weighted by atomic mass is 32.2. The number of hydrogen-bond donors (Lipinski definition) is 3. The molecule has 0 bridgehead atoms. The Labute approximate surface area is 455 Å². The quantitative estimate of drug-likeness (QED) is 0.121. The number of pyridine rings is 1. The van der Waals surface area contributed by atoms with Crippen molar-refractivity contribution in [1.29, 1.82) is 0 Å². The number of aryl methyl sites for hydroxylation is 1. The number of ether oxygens (including phenoxy) is 2. The van der Waals surface area contributed by atoms with Crippen molar-refractivity contribution in [3.63, 3.8) is 0 Å². The first-order valence-corrected chi connectivity index (χ1v) is 29.2. The van der Waals surface area contributed by atoms with Gasteiger partial charge >= 0.3 is 0 Å². The van der Waals surface area contributed by atoms with Crippen LogP contribution in [0.5, 0.6) is 11.5 Å². The van der Waals surface area contributed by atoms with Gasteiger partial charge in [-0.15, -0.1) is 23.1 Å². The Morgan fingerprint density at radius 3 is 1.49 bits per heavy atom. The molecule has 6 N–H and O–H groups in total. The highest BCUT2D eigenvalue weighted by molar-refractivity contribution is 7.98. The maximum absolute atomic E-state index is 6.34. The Hall–Kier alpha value is -7.57. The molecule has 18 heteroatoms. The van der Waals surface area contributed by atoms with Crippen molar-refractivity contribution in [2.24, 2.45) is 0 Å². The van der Waals surface area contributed by atoms with Crippen molar-refractivity contribution in [3.8, 4) is 54.8 Å². The summed E-state index contributed by atoms with van der Waals surface area (Å²) in [6.45, 7) is 2.32. The molecule has 0 spiro atoms. The number of hydrogen-bond acceptors (Lipinski definition) is 15. The number of nitrogens with two attached hydrogens (primary N) is 3. The van der Waals surface area contributed by atoms with Gasteiger partial charge in [0.2, 0.25) is 6.79 Å². The van der Waals surface area contributed by atoms with Gasteiger partial charge in [0.1, 0.15) is 22.5 Å². The molecule has 3 saturated carbocycles. The van der Waals surface area contributed by atoms with Gasteiger partial charge < -0.3 is 26.7 Å². The minimum atomic E-state index is 0.268. The molecule has 16 nitrogen and oxygen atoms in total. The number of benzene rings is 2. The zero-order valence-corrected chi connectivity index (χ0v) is 45.3. The average Bonchev–Trinajstić information content (AvgIpc) is 4.39. The first kappa shape index (κ1) is 50.3. The van der Waals surface area contributed by atoms with Gasteiger partial charge in [0.15, 0.2) is 28.4 Å². The lowest BCUT2D eigenvalue weighted by atomic mass is 9.87. The number of anilines is 3. The normalized spacial score (nSPS) is 16.1. The second-order valence-electron chi connectivity index (χ2n) is 20.7. The summed E-state index contributed by atoms with van der Waals surface area (Å²) in [5.74, 6) is 5.00. The summed E-state index contributed by atoms with van der Waals surface area (Å²) < 4.78 is 16.1. The molecule has 4 aliphatic rings. The van der Waals surface area contributed by atoms with Crippen LogP contribution in [0.4, 0.5) is 17.5 Å². The van der Waals surface area contributed by atoms with E-state index >= 15 is 0 Å². The molecule has 3 aliphatic carbocycles. The van der Waals surface area contributed by atoms with Gasteiger partial charge in [0.25, 0.3) is 0 Å². The zero-order valence-electron chi connectivity index (χ0n) is 43.6. The molecule has 0 amide bonds. The molecular formula is C59H64N14O2S2. The van der Waals surface area contributed by atoms with Crippen LogP contribution in [0, 0.1) is 6.92 Å². The molecule has 0 atom stereocenters. The molecule has 394 valence electrons. The topological polar surface area (TPSA) is 213 Å². The summed E-state index contributed by atoms with van der Waals surface area (Å²) in [5, 5.41) is 15.4. The van der Waals surface area contributed by atoms with E-state index in [2.05, 4.69) is 45.4 Å². The minimum absolute atomic E-state index is 0.268. The third-order valence-electron chi connectivity index (χ3n) is 15.6. The van der Waals surface area contributed by atoms with Crippen LogP contribution < -0.4 is 26.7 Å². The molecule has 10 aromatic rings. The van der Waals surface area contributed by atoms with Crippen LogP contribution in [-0.4, -0.2) is 66.8 Å². The predicted molar refractivity (Wildman–Crippen MR) is 308 cm³/mol. The Kier molecular flexibility index (Phi) is 14.5. The van der Waals surface area contributed by atoms with E-state index in [1.54, 1.807) is 36.6 Å². The molecular weight excluding hydrogens is 1000 g/mol. The van der Waals surface area contributed by atoms with Gasteiger partial charge in [0.05, 0.1) is 39.8 Å². The van der Waals surface area contributed by atoms with Gasteiger partial charge in [-0.05, 0) is 81.5 Å². The Balaban J connectivity index is 0.000000116. The van der Waals surface area contributed by atoms with E-state index in [1.165, 1.54) is 96.3 Å². The van der Waals surface area contributed by atoms with Gasteiger partial charge in [-0.25, -0.2) is 24.9 Å². The Bertz CT molecular complexity index is 3680. The molecule has 0 saturated heterocycles. The van der Waals surface area contributed by atoms with Crippen LogP contribution in [0.2, 0.25) is 0 Å². The molecule has 0 unspecified atom stereocenters. The van der Waals surface area contributed by atoms with Crippen LogP contribution in [0.1, 0.15) is 137 Å². The second-order valence-corrected chi connectivity index (χ2v) is 22.5. The van der Waals surface area contributed by atoms with Crippen LogP contribution >= 0.6 is 23.1 Å². The van der Waals surface area contributed by atoms with Crippen molar-refractivity contribution >= 4 is 57.5 Å². The Morgan fingerprint density at radius 1 is 0.506 bits per heavy atom. The van der Waals surface area contributed by atoms with Crippen molar-refractivity contribution in [2.75, 3.05) is 30.2 Å². The molecule has 2 aromatic carbocycles. The van der Waals surface area contributed by atoms with Gasteiger partial charge in [-0.2, -0.15) is 28.8 Å². The van der Waals surface area contributed by atoms with E-state index in [1.807, 2.05) is 91.7 Å². The molecule has 9 heterocycles. The largest absolute Gasteiger partial charge is 0.454 e. The predicted octanol–water partition coefficient (Wildman–Crippen LogP) is 13.4. The summed E-state index contributed by atoms with van der Waals surface area (Å²) in [6.07, 6.45) is 28.3. The van der Waals surface area contributed by atoms with Gasteiger partial charge in [0, 0.05) is 81.5 Å². The third kappa shape index (κ3) is 10.4. The van der Waals surface area contributed by atoms with E-state index in [9.17, 15) is 0 Å². The summed E-state index contributed by atoms with van der Waals surface area (Å²) in [5.41, 5.74) is 31.7. The summed E-state index contributed by atoms with van der Waals surface area (Å²) in [7, 11) is 0. The summed E-state index contributed by atoms with van der Waals surface area (Å²) >= 11 is 3.32. The molecule has 0 radical (unpaired) electrons. The van der Waals surface area contributed by atoms with Crippen LogP contribution in [0.3, 0.4) is 0 Å². The molecule has 1 aliphatic heterocycles. The minimum Gasteiger partial charge on any atom is -0.454 e. The summed E-state index contributed by atoms with van der Waals surface area (Å²) in [6, 6.07) is 26.3. The Morgan fingerprint density at radius 2 is 0.987 bits per heavy atom. The van der Waals surface area contributed by atoms with Crippen molar-refractivity contribution in [3.05, 3.63) is 126 Å². The average molecular weight is 1070 g/mol. The zero-order chi connectivity index (χ0) is 52.4. The number of aromatic nitrogens is 11. The SMILES string of the molecule is CSc1ccc(-c2cnn3c(N)cc(C4CCCCC4)nc23)cn1.Cc1nc(-c2ccccc2)sc1-c1cnn2c(N)cc(C3CCCCC3)nc12.Nc1cc(C2CCCCC2)nc2c(-c3ccc4c(c3)OCO4)cnn12. The first-order valence-electron chi connectivity index (χ1n) is 27.1. The molecule has 77 heavy (non-hydrogen) atoms. The summed E-state index contributed by atoms with van der Waals surface area (Å²) in [4.78, 5) is 25.3. The number of nitrogens with zero attached hydrogens (tertiary/aromatic N) is 11. The lowest BCUT2D eigenvalue weighted by Gasteiger charge is -2.21. The number of thioether (sulfide) groups is 1. The highest BCUT2D eigenvalue weighted by Gasteiger charge is 2.25. The van der Waals surface area contributed by atoms with E-state index in [-0.39, 0.29) is 6.79 Å². The fourth-order valence-electron chi connectivity index (χ4n) is 11.5. The van der Waals surface area contributed by atoms with Crippen molar-refractivity contribution in [2.45, 2.75) is 126 Å². The second kappa shape index (κ2) is 22.2. The fraction of sp³-hybridized carbons (Fsp3) is 0.356. The molecule has 14 rings (SSSR count). The van der Waals surface area contributed by atoms with Crippen molar-refractivity contribution < 1.29 is 9.47 Å². The first-order chi connectivity index (χ1) is 37.8. The van der Waals surface area contributed by atoms with Crippen molar-refractivity contribution in [1.82, 2.24) is 53.8 Å². The van der Waals surface area contributed by atoms with Crippen LogP contribution in [0.15, 0.2) is 109 Å². The van der Waals surface area contributed by atoms with E-state index in [4.69, 9.17) is 46.6 Å². The van der Waals surface area contributed by atoms with Gasteiger partial charge in [-0.1, -0.05) is 94.2 Å². The van der Waals surface area contributed by atoms with E-state index < -0.39 is 0 Å². The highest BCUT2D eigenvalue weighted by Crippen LogP contribution is 2.41. The monoisotopic (exact) mass is 1060 g/mol. The molecule has 3 fully saturated rings. The maximum Gasteiger partial charge on any atom is 0.231 e. The van der Waals surface area contributed by atoms with E-state index in [0.29, 0.717) is 35.2 Å². The third-order valence-corrected chi connectivity index (χ3v) is 17.5. The molecule has 8 aromatic heterocycles. The number of thiazole rings is 1. The standard InChI is InChI=1S/C22H23N5S.C19H20N4O2.C18H21N5S/c1-14-20(28-22(25-14)16-10-6-3-7-11-16)17-13-24-27-19(23)12-18(26-21(17)27)15-8-4-2-5-9-15;20-18-9-15(12-4-2-1-3-5-12)22-19-14(10-21-23(18)19)13-6-7-16-17(8-13)25-11-24-16;1-24-17-8-7-13(10-20-17)14-11-21-23-16(19)9-15(22-18(14)23)12-5-3-2-4-6-12/h3,6-7,10-13,15H,2,4-5,8-9,23H2,1H3;6-10,12H,1-5,11,20H2;7-12H,2-6,19H2,1H3. The maximum atomic E-state index is 6.34. The lowest BCUT2D eigenvalue weighted by molar-refractivity contribution is 0.174. The number of rotatable bonds is 8. The van der Waals surface area contributed by atoms with Crippen LogP contribution in [0.25, 0.3) is 60.2 Å². The van der Waals surface area contributed by atoms with Gasteiger partial charge in [-0.3, -0.25) is 0 Å². The van der Waals surface area contributed by atoms with Crippen LogP contribution in [-0.2, 0) is 0 Å². The smallest absolute Gasteiger partial charge is 0.231 e. The lowest BCUT2D eigenvalue weighted by Crippen LogP contribution is -2.10. The fourth-order valence-corrected chi connectivity index (χ4v) is 12.9.